The predicted molar refractivity (Wildman–Crippen MR) is 115 cm³/mol. The Morgan fingerprint density at radius 2 is 1.80 bits per heavy atom. The lowest BCUT2D eigenvalue weighted by Crippen LogP contribution is -2.27. The normalized spacial score (nSPS) is 11.6. The SMILES string of the molecule is COC(=O)c1nc(Cn2nc(-c3ccc(Cl)cc3)n(CCC(F)(F)F)c2=O)nn1-c1ncccn1. The minimum absolute atomic E-state index is 0.00920. The van der Waals surface area contributed by atoms with Gasteiger partial charge in [-0.05, 0) is 30.3 Å². The second-order valence-corrected chi connectivity index (χ2v) is 7.53. The predicted octanol–water partition coefficient (Wildman–Crippen LogP) is 2.52. The van der Waals surface area contributed by atoms with E-state index in [4.69, 9.17) is 16.3 Å². The van der Waals surface area contributed by atoms with E-state index >= 15 is 0 Å². The Kier molecular flexibility index (Phi) is 6.64. The summed E-state index contributed by atoms with van der Waals surface area (Å²) in [5, 5.41) is 8.78. The number of nitrogens with zero attached hydrogens (tertiary/aromatic N) is 8. The van der Waals surface area contributed by atoms with Crippen molar-refractivity contribution < 1.29 is 22.7 Å². The molecule has 0 saturated carbocycles. The average Bonchev–Trinajstić information content (AvgIpc) is 3.39. The smallest absolute Gasteiger partial charge is 0.390 e. The second-order valence-electron chi connectivity index (χ2n) is 7.09. The van der Waals surface area contributed by atoms with Crippen LogP contribution in [0, 0.1) is 0 Å². The van der Waals surface area contributed by atoms with Gasteiger partial charge in [0.15, 0.2) is 11.6 Å². The van der Waals surface area contributed by atoms with Crippen LogP contribution in [-0.4, -0.2) is 58.3 Å². The van der Waals surface area contributed by atoms with Gasteiger partial charge in [0.05, 0.1) is 13.5 Å². The largest absolute Gasteiger partial charge is 0.463 e. The molecule has 0 atom stereocenters. The van der Waals surface area contributed by atoms with Crippen molar-refractivity contribution in [2.45, 2.75) is 25.7 Å². The van der Waals surface area contributed by atoms with Gasteiger partial charge in [-0.1, -0.05) is 11.6 Å². The fourth-order valence-electron chi connectivity index (χ4n) is 3.12. The monoisotopic (exact) mass is 508 g/mol. The standard InChI is InChI=1S/C20H16ClF3N8O3/c1-35-17(33)16-27-14(28-32(16)18-25-8-2-9-26-18)11-31-19(34)30(10-7-20(22,23)24)15(29-31)12-3-5-13(21)6-4-12/h2-6,8-9H,7,10-11H2,1H3. The van der Waals surface area contributed by atoms with Gasteiger partial charge in [-0.3, -0.25) is 4.57 Å². The first kappa shape index (κ1) is 24.1. The Morgan fingerprint density at radius 3 is 2.43 bits per heavy atom. The Balaban J connectivity index is 1.75. The van der Waals surface area contributed by atoms with E-state index in [2.05, 4.69) is 25.1 Å². The van der Waals surface area contributed by atoms with Crippen LogP contribution in [-0.2, 0) is 17.8 Å². The summed E-state index contributed by atoms with van der Waals surface area (Å²) >= 11 is 5.90. The lowest BCUT2D eigenvalue weighted by Gasteiger charge is -2.08. The number of esters is 1. The van der Waals surface area contributed by atoms with Crippen LogP contribution in [0.4, 0.5) is 13.2 Å². The van der Waals surface area contributed by atoms with E-state index in [1.165, 1.54) is 36.7 Å². The number of benzene rings is 1. The Hall–Kier alpha value is -4.07. The summed E-state index contributed by atoms with van der Waals surface area (Å²) in [5.41, 5.74) is -0.426. The third-order valence-electron chi connectivity index (χ3n) is 4.70. The number of alkyl halides is 3. The number of hydrogen-bond acceptors (Lipinski definition) is 8. The van der Waals surface area contributed by atoms with Crippen LogP contribution in [0.1, 0.15) is 22.9 Å². The highest BCUT2D eigenvalue weighted by Gasteiger charge is 2.29. The molecule has 15 heteroatoms. The summed E-state index contributed by atoms with van der Waals surface area (Å²) in [4.78, 5) is 37.3. The van der Waals surface area contributed by atoms with E-state index in [0.29, 0.717) is 10.6 Å². The summed E-state index contributed by atoms with van der Waals surface area (Å²) in [7, 11) is 1.15. The van der Waals surface area contributed by atoms with Gasteiger partial charge in [0, 0.05) is 29.5 Å². The van der Waals surface area contributed by atoms with Gasteiger partial charge in [0.25, 0.3) is 5.95 Å². The highest BCUT2D eigenvalue weighted by molar-refractivity contribution is 6.30. The van der Waals surface area contributed by atoms with Crippen molar-refractivity contribution in [2.75, 3.05) is 7.11 Å². The quantitative estimate of drug-likeness (QED) is 0.349. The molecule has 0 amide bonds. The molecular formula is C20H16ClF3N8O3. The topological polar surface area (TPSA) is 123 Å². The number of rotatable bonds is 7. The van der Waals surface area contributed by atoms with Crippen LogP contribution in [0.2, 0.25) is 5.02 Å². The molecule has 11 nitrogen and oxygen atoms in total. The van der Waals surface area contributed by atoms with Gasteiger partial charge in [-0.2, -0.15) is 17.9 Å². The number of hydrogen-bond donors (Lipinski definition) is 0. The van der Waals surface area contributed by atoms with Gasteiger partial charge in [-0.15, -0.1) is 10.2 Å². The Morgan fingerprint density at radius 1 is 1.11 bits per heavy atom. The number of halogens is 4. The van der Waals surface area contributed by atoms with Crippen molar-refractivity contribution in [3.05, 3.63) is 69.9 Å². The first-order valence-corrected chi connectivity index (χ1v) is 10.4. The molecule has 0 fully saturated rings. The highest BCUT2D eigenvalue weighted by Crippen LogP contribution is 2.23. The van der Waals surface area contributed by atoms with Gasteiger partial charge in [0.2, 0.25) is 5.82 Å². The molecule has 0 radical (unpaired) electrons. The third-order valence-corrected chi connectivity index (χ3v) is 4.95. The molecule has 4 aromatic rings. The first-order chi connectivity index (χ1) is 16.7. The summed E-state index contributed by atoms with van der Waals surface area (Å²) in [6, 6.07) is 7.69. The molecule has 0 aliphatic rings. The van der Waals surface area contributed by atoms with E-state index in [0.717, 1.165) is 21.0 Å². The van der Waals surface area contributed by atoms with Gasteiger partial charge in [-0.25, -0.2) is 29.2 Å². The molecule has 3 aromatic heterocycles. The van der Waals surface area contributed by atoms with Gasteiger partial charge in [0.1, 0.15) is 6.54 Å². The average molecular weight is 509 g/mol. The molecule has 0 unspecified atom stereocenters. The fraction of sp³-hybridized carbons (Fsp3) is 0.250. The zero-order valence-corrected chi connectivity index (χ0v) is 18.7. The van der Waals surface area contributed by atoms with E-state index in [1.807, 2.05) is 0 Å². The molecule has 0 spiro atoms. The van der Waals surface area contributed by atoms with Crippen molar-refractivity contribution in [3.63, 3.8) is 0 Å². The van der Waals surface area contributed by atoms with E-state index in [-0.39, 0.29) is 30.0 Å². The van der Waals surface area contributed by atoms with Crippen LogP contribution in [0.3, 0.4) is 0 Å². The zero-order valence-electron chi connectivity index (χ0n) is 18.0. The van der Waals surface area contributed by atoms with Crippen LogP contribution >= 0.6 is 11.6 Å². The third kappa shape index (κ3) is 5.37. The van der Waals surface area contributed by atoms with E-state index < -0.39 is 30.8 Å². The molecular weight excluding hydrogens is 493 g/mol. The van der Waals surface area contributed by atoms with Crippen molar-refractivity contribution in [1.29, 1.82) is 0 Å². The Bertz CT molecular complexity index is 1400. The number of carbonyl (C=O) groups excluding carboxylic acids is 1. The molecule has 1 aromatic carbocycles. The molecule has 35 heavy (non-hydrogen) atoms. The lowest BCUT2D eigenvalue weighted by molar-refractivity contribution is -0.136. The molecule has 4 rings (SSSR count). The summed E-state index contributed by atoms with van der Waals surface area (Å²) in [6.45, 7) is -0.990. The Labute approximate surface area is 199 Å². The van der Waals surface area contributed by atoms with Gasteiger partial charge < -0.3 is 4.74 Å². The number of aromatic nitrogens is 8. The van der Waals surface area contributed by atoms with Crippen LogP contribution in [0.15, 0.2) is 47.5 Å². The summed E-state index contributed by atoms with van der Waals surface area (Å²) < 4.78 is 46.3. The first-order valence-electron chi connectivity index (χ1n) is 9.98. The van der Waals surface area contributed by atoms with Crippen molar-refractivity contribution in [1.82, 2.24) is 39.1 Å². The molecule has 0 N–H and O–H groups in total. The van der Waals surface area contributed by atoms with Crippen LogP contribution in [0.25, 0.3) is 17.3 Å². The summed E-state index contributed by atoms with van der Waals surface area (Å²) in [6.07, 6.45) is -2.86. The van der Waals surface area contributed by atoms with Crippen LogP contribution in [0.5, 0.6) is 0 Å². The zero-order chi connectivity index (χ0) is 25.2. The molecule has 0 aliphatic carbocycles. The summed E-state index contributed by atoms with van der Waals surface area (Å²) in [5.74, 6) is -1.09. The number of methoxy groups -OCH3 is 1. The van der Waals surface area contributed by atoms with Crippen molar-refractivity contribution >= 4 is 17.6 Å². The maximum atomic E-state index is 13.0. The van der Waals surface area contributed by atoms with E-state index in [1.54, 1.807) is 6.07 Å². The molecule has 3 heterocycles. The molecule has 0 aliphatic heterocycles. The van der Waals surface area contributed by atoms with Crippen molar-refractivity contribution in [3.8, 4) is 17.3 Å². The number of ether oxygens (including phenoxy) is 1. The van der Waals surface area contributed by atoms with Crippen molar-refractivity contribution in [2.24, 2.45) is 0 Å². The molecule has 0 saturated heterocycles. The number of carbonyl (C=O) groups is 1. The van der Waals surface area contributed by atoms with E-state index in [9.17, 15) is 22.8 Å². The molecule has 182 valence electrons. The minimum atomic E-state index is -4.48. The minimum Gasteiger partial charge on any atom is -0.463 e. The van der Waals surface area contributed by atoms with Crippen LogP contribution < -0.4 is 5.69 Å². The maximum absolute atomic E-state index is 13.0. The molecule has 0 bridgehead atoms. The van der Waals surface area contributed by atoms with Gasteiger partial charge >= 0.3 is 17.8 Å². The second kappa shape index (κ2) is 9.66. The maximum Gasteiger partial charge on any atom is 0.390 e. The highest BCUT2D eigenvalue weighted by atomic mass is 35.5. The fourth-order valence-corrected chi connectivity index (χ4v) is 3.24. The lowest BCUT2D eigenvalue weighted by atomic mass is 10.2.